The van der Waals surface area contributed by atoms with Crippen LogP contribution in [0.5, 0.6) is 0 Å². The Balaban J connectivity index is 1.54. The molecule has 5 atom stereocenters. The highest BCUT2D eigenvalue weighted by atomic mass is 35.5. The molecule has 236 valence electrons. The molecule has 0 aromatic heterocycles. The van der Waals surface area contributed by atoms with Crippen molar-refractivity contribution in [2.24, 2.45) is 5.92 Å². The fraction of sp³-hybridized carbons (Fsp3) is 0.375. The smallest absolute Gasteiger partial charge is 0.338 e. The summed E-state index contributed by atoms with van der Waals surface area (Å²) in [6, 6.07) is 12.2. The van der Waals surface area contributed by atoms with Crippen LogP contribution in [0.15, 0.2) is 54.6 Å². The number of rotatable bonds is 9. The topological polar surface area (TPSA) is 134 Å². The number of nitrogens with zero attached hydrogens (tertiary/aromatic N) is 2. The molecule has 45 heavy (non-hydrogen) atoms. The highest BCUT2D eigenvalue weighted by Crippen LogP contribution is 2.59. The number of carbonyl (C=O) groups excluding carboxylic acids is 2. The van der Waals surface area contributed by atoms with E-state index >= 15 is 4.39 Å². The van der Waals surface area contributed by atoms with Gasteiger partial charge in [0.15, 0.2) is 0 Å². The van der Waals surface area contributed by atoms with Gasteiger partial charge in [0.05, 0.1) is 34.8 Å². The Hall–Kier alpha value is -3.61. The van der Waals surface area contributed by atoms with Crippen LogP contribution < -0.4 is 10.6 Å². The van der Waals surface area contributed by atoms with Crippen molar-refractivity contribution in [2.45, 2.75) is 56.0 Å². The molecule has 2 aliphatic heterocycles. The number of halogens is 3. The summed E-state index contributed by atoms with van der Waals surface area (Å²) in [5.41, 5.74) is -0.288. The molecule has 3 aromatic rings. The fourth-order valence-corrected chi connectivity index (χ4v) is 7.48. The number of amides is 1. The molecule has 2 heterocycles. The number of aliphatic hydroxyl groups excluding tert-OH is 1. The third-order valence-electron chi connectivity index (χ3n) is 9.17. The minimum Gasteiger partial charge on any atom is -0.465 e. The molecule has 0 radical (unpaired) electrons. The number of nitrogens with one attached hydrogen (secondary N) is 2. The van der Waals surface area contributed by atoms with Crippen molar-refractivity contribution in [3.63, 3.8) is 0 Å². The van der Waals surface area contributed by atoms with Gasteiger partial charge < -0.3 is 20.5 Å². The van der Waals surface area contributed by atoms with E-state index < -0.39 is 52.3 Å². The zero-order valence-corrected chi connectivity index (χ0v) is 25.9. The van der Waals surface area contributed by atoms with E-state index in [2.05, 4.69) is 10.6 Å². The van der Waals surface area contributed by atoms with Crippen LogP contribution in [0.25, 0.3) is 0 Å². The molecule has 1 aliphatic carbocycles. The lowest BCUT2D eigenvalue weighted by Crippen LogP contribution is -2.55. The van der Waals surface area contributed by atoms with Gasteiger partial charge in [-0.25, -0.2) is 9.18 Å². The molecule has 3 N–H and O–H groups in total. The number of methoxy groups -OCH3 is 1. The lowest BCUT2D eigenvalue weighted by atomic mass is 9.73. The van der Waals surface area contributed by atoms with Crippen molar-refractivity contribution in [3.05, 3.63) is 103 Å². The number of aliphatic hydroxyl groups is 1. The van der Waals surface area contributed by atoms with Crippen molar-refractivity contribution in [1.29, 1.82) is 0 Å². The first-order chi connectivity index (χ1) is 21.5. The number of hydrogen-bond acceptors (Lipinski definition) is 8. The molecular formula is C32H31Cl2FN4O6. The second-order valence-corrected chi connectivity index (χ2v) is 12.7. The third-order valence-corrected chi connectivity index (χ3v) is 9.70. The number of nitro benzene ring substituents is 1. The van der Waals surface area contributed by atoms with Crippen LogP contribution >= 0.6 is 23.2 Å². The van der Waals surface area contributed by atoms with Crippen molar-refractivity contribution in [1.82, 2.24) is 10.2 Å². The number of hydrogen-bond donors (Lipinski definition) is 3. The lowest BCUT2D eigenvalue weighted by molar-refractivity contribution is -0.385. The van der Waals surface area contributed by atoms with E-state index in [1.54, 1.807) is 37.3 Å². The van der Waals surface area contributed by atoms with Gasteiger partial charge in [-0.1, -0.05) is 47.5 Å². The summed E-state index contributed by atoms with van der Waals surface area (Å²) >= 11 is 12.6. The van der Waals surface area contributed by atoms with Gasteiger partial charge in [0.1, 0.15) is 11.4 Å². The first kappa shape index (κ1) is 31.4. The number of benzene rings is 3. The first-order valence-corrected chi connectivity index (χ1v) is 15.3. The Labute approximate surface area is 268 Å². The van der Waals surface area contributed by atoms with Crippen LogP contribution in [-0.4, -0.2) is 58.6 Å². The fourth-order valence-electron chi connectivity index (χ4n) is 7.13. The van der Waals surface area contributed by atoms with E-state index in [-0.39, 0.29) is 39.9 Å². The normalized spacial score (nSPS) is 24.8. The van der Waals surface area contributed by atoms with Crippen LogP contribution in [0.3, 0.4) is 0 Å². The largest absolute Gasteiger partial charge is 0.465 e. The molecule has 2 fully saturated rings. The predicted octanol–water partition coefficient (Wildman–Crippen LogP) is 5.39. The Bertz CT molecular complexity index is 1700. The number of fused-ring (bicyclic) bond motifs is 2. The summed E-state index contributed by atoms with van der Waals surface area (Å²) in [6.07, 6.45) is 0.883. The Morgan fingerprint density at radius 3 is 2.67 bits per heavy atom. The second kappa shape index (κ2) is 12.0. The Kier molecular flexibility index (Phi) is 8.34. The summed E-state index contributed by atoms with van der Waals surface area (Å²) in [6.45, 7) is 1.98. The van der Waals surface area contributed by atoms with Gasteiger partial charge in [0.25, 0.3) is 5.69 Å². The molecule has 6 rings (SSSR count). The summed E-state index contributed by atoms with van der Waals surface area (Å²) < 4.78 is 20.8. The first-order valence-electron chi connectivity index (χ1n) is 14.6. The van der Waals surface area contributed by atoms with Crippen molar-refractivity contribution < 1.29 is 28.7 Å². The third kappa shape index (κ3) is 5.26. The van der Waals surface area contributed by atoms with Crippen molar-refractivity contribution in [3.8, 4) is 0 Å². The van der Waals surface area contributed by atoms with Crippen LogP contribution in [0.4, 0.5) is 15.8 Å². The minimum absolute atomic E-state index is 0.0157. The van der Waals surface area contributed by atoms with E-state index in [1.807, 2.05) is 4.90 Å². The van der Waals surface area contributed by atoms with Gasteiger partial charge in [0, 0.05) is 53.0 Å². The Morgan fingerprint density at radius 1 is 1.24 bits per heavy atom. The molecule has 1 saturated carbocycles. The zero-order chi connectivity index (χ0) is 32.2. The number of anilines is 1. The highest BCUT2D eigenvalue weighted by Gasteiger charge is 2.68. The summed E-state index contributed by atoms with van der Waals surface area (Å²) in [5.74, 6) is -2.49. The molecular weight excluding hydrogens is 626 g/mol. The molecule has 3 aromatic carbocycles. The van der Waals surface area contributed by atoms with E-state index in [9.17, 15) is 24.8 Å². The van der Waals surface area contributed by atoms with E-state index in [0.717, 1.165) is 18.9 Å². The maximum absolute atomic E-state index is 16.1. The van der Waals surface area contributed by atoms with E-state index in [1.165, 1.54) is 25.3 Å². The number of nitro groups is 1. The maximum atomic E-state index is 16.1. The summed E-state index contributed by atoms with van der Waals surface area (Å²) in [5, 5.41) is 30.1. The summed E-state index contributed by atoms with van der Waals surface area (Å²) in [7, 11) is 1.18. The molecule has 0 bridgehead atoms. The van der Waals surface area contributed by atoms with Gasteiger partial charge >= 0.3 is 5.97 Å². The monoisotopic (exact) mass is 656 g/mol. The van der Waals surface area contributed by atoms with Gasteiger partial charge in [-0.05, 0) is 55.5 Å². The van der Waals surface area contributed by atoms with Gasteiger partial charge in [0.2, 0.25) is 5.91 Å². The second-order valence-electron chi connectivity index (χ2n) is 11.9. The van der Waals surface area contributed by atoms with Gasteiger partial charge in [-0.15, -0.1) is 0 Å². The average Bonchev–Trinajstić information content (AvgIpc) is 3.72. The molecule has 3 aliphatic rings. The van der Waals surface area contributed by atoms with Crippen LogP contribution in [-0.2, 0) is 21.6 Å². The standard InChI is InChI=1S/C32H31Cl2FN4O6/c1-16(40)29-28(36-14-19-9-8-18(30(41)45-2)12-25(19)39(43)44)26(21-4-3-5-23(34)27(21)35)32(38(29)15-17-6-7-17)22-11-10-20(33)13-24(22)37-31(32)42/h3-5,8-13,16-17,26,28-29,36,40H,6-7,14-15H2,1-2H3,(H,37,42)/t16-,26+,28+,29?,32-/m1/s1. The van der Waals surface area contributed by atoms with Crippen molar-refractivity contribution in [2.75, 3.05) is 19.0 Å². The SMILES string of the molecule is COC(=O)c1ccc(CN[C@@H]2C([C@@H](C)O)N(CC3CC3)[C@@]3(C(=O)Nc4cc(Cl)ccc43)[C@H]2c2cccc(Cl)c2F)c([N+](=O)[O-])c1. The maximum Gasteiger partial charge on any atom is 0.338 e. The quantitative estimate of drug-likeness (QED) is 0.159. The molecule has 1 saturated heterocycles. The minimum atomic E-state index is -1.48. The van der Waals surface area contributed by atoms with Crippen LogP contribution in [0, 0.1) is 21.8 Å². The molecule has 10 nitrogen and oxygen atoms in total. The van der Waals surface area contributed by atoms with Crippen LogP contribution in [0.1, 0.15) is 52.7 Å². The average molecular weight is 658 g/mol. The number of esters is 1. The van der Waals surface area contributed by atoms with Crippen LogP contribution in [0.2, 0.25) is 10.0 Å². The number of likely N-dealkylation sites (tertiary alicyclic amines) is 1. The zero-order valence-electron chi connectivity index (χ0n) is 24.4. The predicted molar refractivity (Wildman–Crippen MR) is 166 cm³/mol. The lowest BCUT2D eigenvalue weighted by Gasteiger charge is -2.40. The summed E-state index contributed by atoms with van der Waals surface area (Å²) in [4.78, 5) is 40.0. The molecule has 1 spiro atoms. The molecule has 13 heteroatoms. The van der Waals surface area contributed by atoms with E-state index in [0.29, 0.717) is 22.8 Å². The highest BCUT2D eigenvalue weighted by molar-refractivity contribution is 6.31. The van der Waals surface area contributed by atoms with E-state index in [4.69, 9.17) is 27.9 Å². The Morgan fingerprint density at radius 2 is 2.00 bits per heavy atom. The molecule has 1 amide bonds. The number of carbonyl (C=O) groups is 2. The van der Waals surface area contributed by atoms with Crippen molar-refractivity contribution >= 4 is 46.5 Å². The van der Waals surface area contributed by atoms with Gasteiger partial charge in [-0.3, -0.25) is 19.8 Å². The number of ether oxygens (including phenoxy) is 1. The molecule has 1 unspecified atom stereocenters. The van der Waals surface area contributed by atoms with Gasteiger partial charge in [-0.2, -0.15) is 0 Å².